The SMILES string of the molecule is N=C(N)Nc1ccc(C(=O)OC2=CCC3C(=C2)CCC[C@@H]3CC(=O)N(CC(=O)O)Cc2cccc(C(=O)O)c2)cc1. The van der Waals surface area contributed by atoms with Gasteiger partial charge in [0, 0.05) is 18.7 Å². The first-order valence-electron chi connectivity index (χ1n) is 13.2. The third kappa shape index (κ3) is 7.81. The maximum atomic E-state index is 13.3. The van der Waals surface area contributed by atoms with Crippen LogP contribution in [-0.4, -0.2) is 51.4 Å². The lowest BCUT2D eigenvalue weighted by molar-refractivity contribution is -0.145. The summed E-state index contributed by atoms with van der Waals surface area (Å²) in [6.07, 6.45) is 6.94. The van der Waals surface area contributed by atoms with Crippen LogP contribution in [0.1, 0.15) is 58.4 Å². The first-order chi connectivity index (χ1) is 19.6. The Kier molecular flexibility index (Phi) is 9.18. The van der Waals surface area contributed by atoms with E-state index in [0.29, 0.717) is 29.0 Å². The smallest absolute Gasteiger partial charge is 0.343 e. The molecule has 0 heterocycles. The molecule has 1 unspecified atom stereocenters. The fourth-order valence-corrected chi connectivity index (χ4v) is 5.36. The maximum Gasteiger partial charge on any atom is 0.343 e. The summed E-state index contributed by atoms with van der Waals surface area (Å²) in [5, 5.41) is 28.6. The number of guanidine groups is 1. The number of esters is 1. The molecule has 1 saturated carbocycles. The van der Waals surface area contributed by atoms with Crippen LogP contribution in [0.15, 0.2) is 72.0 Å². The number of hydrogen-bond acceptors (Lipinski definition) is 6. The summed E-state index contributed by atoms with van der Waals surface area (Å²) in [6.45, 7) is -0.486. The summed E-state index contributed by atoms with van der Waals surface area (Å²) < 4.78 is 5.61. The Balaban J connectivity index is 1.39. The summed E-state index contributed by atoms with van der Waals surface area (Å²) >= 11 is 0. The molecule has 0 spiro atoms. The third-order valence-electron chi connectivity index (χ3n) is 7.26. The highest BCUT2D eigenvalue weighted by molar-refractivity contribution is 5.93. The Labute approximate surface area is 236 Å². The largest absolute Gasteiger partial charge is 0.480 e. The van der Waals surface area contributed by atoms with Gasteiger partial charge >= 0.3 is 17.9 Å². The fraction of sp³-hybridized carbons (Fsp3) is 0.300. The molecular formula is C30H32N4O7. The van der Waals surface area contributed by atoms with E-state index in [9.17, 15) is 29.4 Å². The molecule has 0 aliphatic heterocycles. The van der Waals surface area contributed by atoms with Gasteiger partial charge in [-0.3, -0.25) is 15.0 Å². The molecule has 0 saturated heterocycles. The van der Waals surface area contributed by atoms with Gasteiger partial charge < -0.3 is 30.9 Å². The number of nitrogens with two attached hydrogens (primary N) is 1. The molecule has 11 heteroatoms. The number of anilines is 1. The Bertz CT molecular complexity index is 1410. The molecule has 1 fully saturated rings. The van der Waals surface area contributed by atoms with E-state index in [2.05, 4.69) is 5.32 Å². The average Bonchev–Trinajstić information content (AvgIpc) is 2.92. The van der Waals surface area contributed by atoms with Crippen LogP contribution in [0.3, 0.4) is 0 Å². The molecule has 4 rings (SSSR count). The number of carboxylic acids is 2. The van der Waals surface area contributed by atoms with Gasteiger partial charge in [0.15, 0.2) is 5.96 Å². The van der Waals surface area contributed by atoms with E-state index in [-0.39, 0.29) is 42.2 Å². The lowest BCUT2D eigenvalue weighted by Crippen LogP contribution is -2.38. The van der Waals surface area contributed by atoms with Crippen molar-refractivity contribution in [1.82, 2.24) is 4.90 Å². The number of nitrogens with one attached hydrogen (secondary N) is 2. The van der Waals surface area contributed by atoms with Crippen molar-refractivity contribution in [3.8, 4) is 0 Å². The van der Waals surface area contributed by atoms with Gasteiger partial charge in [-0.1, -0.05) is 17.7 Å². The number of hydrogen-bond donors (Lipinski definition) is 5. The van der Waals surface area contributed by atoms with E-state index in [1.54, 1.807) is 36.4 Å². The fourth-order valence-electron chi connectivity index (χ4n) is 5.36. The van der Waals surface area contributed by atoms with Crippen molar-refractivity contribution in [3.63, 3.8) is 0 Å². The van der Waals surface area contributed by atoms with Gasteiger partial charge in [-0.25, -0.2) is 9.59 Å². The van der Waals surface area contributed by atoms with Crippen LogP contribution in [0.25, 0.3) is 0 Å². The standard InChI is InChI=1S/C30H32N4O7/c31-30(32)33-23-9-7-19(8-10-23)29(40)41-24-11-12-25-20(14-24)4-2-5-21(25)15-26(35)34(17-27(36)37)16-18-3-1-6-22(13-18)28(38)39/h1,3,6-11,13-14,21,25H,2,4-5,12,15-17H2,(H,36,37)(H,38,39)(H4,31,32,33)/t21-,25?/m1/s1. The van der Waals surface area contributed by atoms with Crippen molar-refractivity contribution in [2.24, 2.45) is 17.6 Å². The summed E-state index contributed by atoms with van der Waals surface area (Å²) in [4.78, 5) is 50.1. The lowest BCUT2D eigenvalue weighted by Gasteiger charge is -2.36. The number of fused-ring (bicyclic) bond motifs is 1. The molecule has 0 aromatic heterocycles. The van der Waals surface area contributed by atoms with Gasteiger partial charge in [0.25, 0.3) is 0 Å². The molecule has 0 radical (unpaired) electrons. The molecule has 41 heavy (non-hydrogen) atoms. The number of allylic oxidation sites excluding steroid dienone is 3. The molecule has 0 bridgehead atoms. The molecule has 2 aliphatic rings. The topological polar surface area (TPSA) is 183 Å². The van der Waals surface area contributed by atoms with Crippen molar-refractivity contribution in [2.75, 3.05) is 11.9 Å². The minimum atomic E-state index is -1.14. The summed E-state index contributed by atoms with van der Waals surface area (Å²) in [6, 6.07) is 12.5. The summed E-state index contributed by atoms with van der Waals surface area (Å²) in [7, 11) is 0. The van der Waals surface area contributed by atoms with Crippen molar-refractivity contribution in [2.45, 2.75) is 38.6 Å². The van der Waals surface area contributed by atoms with E-state index in [4.69, 9.17) is 15.9 Å². The number of carboxylic acid groups (broad SMARTS) is 2. The van der Waals surface area contributed by atoms with Crippen molar-refractivity contribution in [3.05, 3.63) is 88.7 Å². The predicted octanol–water partition coefficient (Wildman–Crippen LogP) is 3.98. The number of carbonyl (C=O) groups excluding carboxylic acids is 2. The molecule has 214 valence electrons. The second kappa shape index (κ2) is 12.9. The molecular weight excluding hydrogens is 528 g/mol. The zero-order valence-corrected chi connectivity index (χ0v) is 22.3. The van der Waals surface area contributed by atoms with Crippen LogP contribution in [0.5, 0.6) is 0 Å². The van der Waals surface area contributed by atoms with Gasteiger partial charge in [-0.05, 0) is 91.6 Å². The van der Waals surface area contributed by atoms with Gasteiger partial charge in [0.1, 0.15) is 12.3 Å². The number of benzene rings is 2. The monoisotopic (exact) mass is 560 g/mol. The third-order valence-corrected chi connectivity index (χ3v) is 7.26. The van der Waals surface area contributed by atoms with Crippen LogP contribution < -0.4 is 11.1 Å². The van der Waals surface area contributed by atoms with Crippen LogP contribution in [-0.2, 0) is 20.9 Å². The molecule has 2 aromatic carbocycles. The summed E-state index contributed by atoms with van der Waals surface area (Å²) in [5.74, 6) is -2.74. The van der Waals surface area contributed by atoms with Crippen LogP contribution in [0, 0.1) is 17.2 Å². The number of nitrogens with zero attached hydrogens (tertiary/aromatic N) is 1. The highest BCUT2D eigenvalue weighted by atomic mass is 16.5. The van der Waals surface area contributed by atoms with Crippen LogP contribution in [0.4, 0.5) is 5.69 Å². The molecule has 1 amide bonds. The molecule has 6 N–H and O–H groups in total. The Morgan fingerprint density at radius 1 is 1.07 bits per heavy atom. The van der Waals surface area contributed by atoms with Crippen molar-refractivity contribution >= 4 is 35.5 Å². The number of ether oxygens (including phenoxy) is 1. The predicted molar refractivity (Wildman–Crippen MR) is 150 cm³/mol. The minimum absolute atomic E-state index is 0.000953. The number of aliphatic carboxylic acids is 1. The molecule has 2 aliphatic carbocycles. The Morgan fingerprint density at radius 3 is 2.51 bits per heavy atom. The zero-order chi connectivity index (χ0) is 29.5. The van der Waals surface area contributed by atoms with Gasteiger partial charge in [0.05, 0.1) is 11.1 Å². The summed E-state index contributed by atoms with van der Waals surface area (Å²) in [5.41, 5.74) is 7.95. The maximum absolute atomic E-state index is 13.3. The van der Waals surface area contributed by atoms with Crippen LogP contribution in [0.2, 0.25) is 0 Å². The van der Waals surface area contributed by atoms with Crippen molar-refractivity contribution < 1.29 is 34.1 Å². The number of carbonyl (C=O) groups is 4. The number of amides is 1. The number of rotatable bonds is 10. The zero-order valence-electron chi connectivity index (χ0n) is 22.3. The van der Waals surface area contributed by atoms with Gasteiger partial charge in [-0.15, -0.1) is 0 Å². The second-order valence-corrected chi connectivity index (χ2v) is 10.2. The van der Waals surface area contributed by atoms with E-state index in [1.165, 1.54) is 17.0 Å². The first-order valence-corrected chi connectivity index (χ1v) is 13.2. The Hall–Kier alpha value is -4.93. The molecule has 2 atom stereocenters. The van der Waals surface area contributed by atoms with Crippen molar-refractivity contribution in [1.29, 1.82) is 5.41 Å². The normalized spacial score (nSPS) is 17.8. The quantitative estimate of drug-likeness (QED) is 0.163. The van der Waals surface area contributed by atoms with E-state index in [1.807, 2.05) is 12.2 Å². The lowest BCUT2D eigenvalue weighted by atomic mass is 9.71. The second-order valence-electron chi connectivity index (χ2n) is 10.2. The van der Waals surface area contributed by atoms with Crippen LogP contribution >= 0.6 is 0 Å². The molecule has 2 aromatic rings. The van der Waals surface area contributed by atoms with E-state index >= 15 is 0 Å². The minimum Gasteiger partial charge on any atom is -0.480 e. The van der Waals surface area contributed by atoms with Gasteiger partial charge in [-0.2, -0.15) is 0 Å². The van der Waals surface area contributed by atoms with E-state index in [0.717, 1.165) is 24.8 Å². The Morgan fingerprint density at radius 2 is 1.83 bits per heavy atom. The average molecular weight is 561 g/mol. The highest BCUT2D eigenvalue weighted by Crippen LogP contribution is 2.42. The first kappa shape index (κ1) is 29.1. The highest BCUT2D eigenvalue weighted by Gasteiger charge is 2.33. The van der Waals surface area contributed by atoms with E-state index < -0.39 is 24.5 Å². The molecule has 11 nitrogen and oxygen atoms in total. The number of aromatic carboxylic acids is 1. The van der Waals surface area contributed by atoms with Gasteiger partial charge in [0.2, 0.25) is 5.91 Å².